The fourth-order valence-corrected chi connectivity index (χ4v) is 3.46. The van der Waals surface area contributed by atoms with Gasteiger partial charge in [0.05, 0.1) is 20.9 Å². The highest BCUT2D eigenvalue weighted by molar-refractivity contribution is 7.14. The Morgan fingerprint density at radius 3 is 2.84 bits per heavy atom. The molecule has 0 aliphatic carbocycles. The van der Waals surface area contributed by atoms with Crippen molar-refractivity contribution in [1.29, 1.82) is 0 Å². The molecule has 0 unspecified atom stereocenters. The van der Waals surface area contributed by atoms with Gasteiger partial charge in [-0.05, 0) is 35.6 Å². The Morgan fingerprint density at radius 1 is 1.42 bits per heavy atom. The van der Waals surface area contributed by atoms with E-state index in [0.29, 0.717) is 6.54 Å². The van der Waals surface area contributed by atoms with Crippen LogP contribution in [0, 0.1) is 6.92 Å². The lowest BCUT2D eigenvalue weighted by Crippen LogP contribution is -1.95. The fourth-order valence-electron chi connectivity index (χ4n) is 2.16. The van der Waals surface area contributed by atoms with Crippen molar-refractivity contribution in [2.45, 2.75) is 13.5 Å². The van der Waals surface area contributed by atoms with Crippen LogP contribution in [0.3, 0.4) is 0 Å². The van der Waals surface area contributed by atoms with Gasteiger partial charge in [0.1, 0.15) is 0 Å². The molecule has 1 aromatic carbocycles. The lowest BCUT2D eigenvalue weighted by Gasteiger charge is -2.01. The number of aromatic nitrogens is 2. The van der Waals surface area contributed by atoms with Crippen LogP contribution in [0.25, 0.3) is 21.7 Å². The molecule has 2 heterocycles. The van der Waals surface area contributed by atoms with E-state index >= 15 is 0 Å². The summed E-state index contributed by atoms with van der Waals surface area (Å²) in [5.74, 6) is 0.910. The first-order valence-electron chi connectivity index (χ1n) is 6.01. The summed E-state index contributed by atoms with van der Waals surface area (Å²) in [5, 5.41) is 2.85. The van der Waals surface area contributed by atoms with Crippen molar-refractivity contribution in [1.82, 2.24) is 9.55 Å². The number of fused-ring (bicyclic) bond motifs is 1. The molecule has 0 fully saturated rings. The molecule has 0 spiro atoms. The van der Waals surface area contributed by atoms with Crippen LogP contribution in [0.2, 0.25) is 5.02 Å². The highest BCUT2D eigenvalue weighted by Crippen LogP contribution is 2.36. The van der Waals surface area contributed by atoms with Crippen LogP contribution in [-0.2, 0) is 13.6 Å². The average Bonchev–Trinajstić information content (AvgIpc) is 2.91. The Labute approximate surface area is 120 Å². The number of hydrogen-bond acceptors (Lipinski definition) is 3. The summed E-state index contributed by atoms with van der Waals surface area (Å²) < 4.78 is 2.08. The molecule has 98 valence electrons. The molecule has 0 saturated heterocycles. The van der Waals surface area contributed by atoms with Gasteiger partial charge in [0.25, 0.3) is 0 Å². The maximum atomic E-state index is 6.34. The number of imidazole rings is 1. The molecule has 5 heteroatoms. The largest absolute Gasteiger partial charge is 0.326 e. The standard InChI is InChI=1S/C14H14ClN3S/c1-8-7-19-13(12(8)15)14-17-10-5-9(6-16)3-4-11(10)18(14)2/h3-5,7H,6,16H2,1-2H3. The Morgan fingerprint density at radius 2 is 2.21 bits per heavy atom. The van der Waals surface area contributed by atoms with Crippen LogP contribution in [-0.4, -0.2) is 9.55 Å². The molecule has 2 N–H and O–H groups in total. The van der Waals surface area contributed by atoms with E-state index in [2.05, 4.69) is 16.0 Å². The van der Waals surface area contributed by atoms with Crippen LogP contribution in [0.1, 0.15) is 11.1 Å². The number of nitrogens with zero attached hydrogens (tertiary/aromatic N) is 2. The third-order valence-electron chi connectivity index (χ3n) is 3.28. The maximum absolute atomic E-state index is 6.34. The van der Waals surface area contributed by atoms with E-state index in [-0.39, 0.29) is 0 Å². The number of thiophene rings is 1. The van der Waals surface area contributed by atoms with Crippen molar-refractivity contribution in [3.63, 3.8) is 0 Å². The monoisotopic (exact) mass is 291 g/mol. The molecular formula is C14H14ClN3S. The second kappa shape index (κ2) is 4.63. The summed E-state index contributed by atoms with van der Waals surface area (Å²) in [6.45, 7) is 2.54. The smallest absolute Gasteiger partial charge is 0.152 e. The molecule has 2 aromatic heterocycles. The zero-order chi connectivity index (χ0) is 13.6. The molecule has 0 amide bonds. The molecule has 0 atom stereocenters. The molecule has 0 saturated carbocycles. The Balaban J connectivity index is 2.25. The van der Waals surface area contributed by atoms with Gasteiger partial charge in [-0.2, -0.15) is 0 Å². The zero-order valence-corrected chi connectivity index (χ0v) is 12.3. The summed E-state index contributed by atoms with van der Waals surface area (Å²) in [7, 11) is 2.01. The van der Waals surface area contributed by atoms with Gasteiger partial charge < -0.3 is 10.3 Å². The van der Waals surface area contributed by atoms with Crippen molar-refractivity contribution in [3.8, 4) is 10.7 Å². The quantitative estimate of drug-likeness (QED) is 0.782. The van der Waals surface area contributed by atoms with Gasteiger partial charge in [-0.3, -0.25) is 0 Å². The van der Waals surface area contributed by atoms with Crippen molar-refractivity contribution in [3.05, 3.63) is 39.7 Å². The molecule has 0 bridgehead atoms. The van der Waals surface area contributed by atoms with E-state index < -0.39 is 0 Å². The minimum Gasteiger partial charge on any atom is -0.326 e. The Bertz CT molecular complexity index is 757. The van der Waals surface area contributed by atoms with Crippen molar-refractivity contribution in [2.75, 3.05) is 0 Å². The van der Waals surface area contributed by atoms with Gasteiger partial charge in [-0.15, -0.1) is 11.3 Å². The Kier molecular flexibility index (Phi) is 3.09. The number of hydrogen-bond donors (Lipinski definition) is 1. The van der Waals surface area contributed by atoms with Crippen LogP contribution < -0.4 is 5.73 Å². The molecule has 0 radical (unpaired) electrons. The fraction of sp³-hybridized carbons (Fsp3) is 0.214. The van der Waals surface area contributed by atoms with Crippen molar-refractivity contribution >= 4 is 34.0 Å². The van der Waals surface area contributed by atoms with Gasteiger partial charge in [0.2, 0.25) is 0 Å². The van der Waals surface area contributed by atoms with Gasteiger partial charge >= 0.3 is 0 Å². The first-order chi connectivity index (χ1) is 9.11. The van der Waals surface area contributed by atoms with E-state index in [1.54, 1.807) is 11.3 Å². The second-order valence-electron chi connectivity index (χ2n) is 4.58. The second-order valence-corrected chi connectivity index (χ2v) is 5.84. The summed E-state index contributed by atoms with van der Waals surface area (Å²) in [5.41, 5.74) is 9.91. The number of aryl methyl sites for hydroxylation is 2. The number of benzene rings is 1. The molecule has 3 rings (SSSR count). The van der Waals surface area contributed by atoms with Crippen LogP contribution in [0.5, 0.6) is 0 Å². The topological polar surface area (TPSA) is 43.8 Å². The SMILES string of the molecule is Cc1csc(-c2nc3cc(CN)ccc3n2C)c1Cl. The van der Waals surface area contributed by atoms with Gasteiger partial charge in [0.15, 0.2) is 5.82 Å². The van der Waals surface area contributed by atoms with Gasteiger partial charge in [-0.25, -0.2) is 4.98 Å². The summed E-state index contributed by atoms with van der Waals surface area (Å²) >= 11 is 7.97. The van der Waals surface area contributed by atoms with E-state index in [0.717, 1.165) is 37.9 Å². The van der Waals surface area contributed by atoms with E-state index in [9.17, 15) is 0 Å². The van der Waals surface area contributed by atoms with Gasteiger partial charge in [-0.1, -0.05) is 17.7 Å². The van der Waals surface area contributed by atoms with Crippen molar-refractivity contribution < 1.29 is 0 Å². The van der Waals surface area contributed by atoms with E-state index in [1.165, 1.54) is 0 Å². The van der Waals surface area contributed by atoms with Gasteiger partial charge in [0, 0.05) is 13.6 Å². The lowest BCUT2D eigenvalue weighted by atomic mass is 10.2. The maximum Gasteiger partial charge on any atom is 0.152 e. The average molecular weight is 292 g/mol. The number of rotatable bonds is 2. The predicted molar refractivity (Wildman–Crippen MR) is 81.7 cm³/mol. The lowest BCUT2D eigenvalue weighted by molar-refractivity contribution is 0.962. The third-order valence-corrected chi connectivity index (χ3v) is 4.98. The molecule has 0 aliphatic heterocycles. The molecular weight excluding hydrogens is 278 g/mol. The number of halogens is 1. The molecule has 3 nitrogen and oxygen atoms in total. The summed E-state index contributed by atoms with van der Waals surface area (Å²) in [6, 6.07) is 6.13. The van der Waals surface area contributed by atoms with Crippen molar-refractivity contribution in [2.24, 2.45) is 12.8 Å². The van der Waals surface area contributed by atoms with E-state index in [4.69, 9.17) is 22.3 Å². The first-order valence-corrected chi connectivity index (χ1v) is 7.27. The van der Waals surface area contributed by atoms with Crippen LogP contribution >= 0.6 is 22.9 Å². The molecule has 3 aromatic rings. The predicted octanol–water partition coefficient (Wildman–Crippen LogP) is 3.72. The first kappa shape index (κ1) is 12.7. The Hall–Kier alpha value is -1.36. The minimum absolute atomic E-state index is 0.528. The van der Waals surface area contributed by atoms with Crippen LogP contribution in [0.15, 0.2) is 23.6 Å². The normalized spacial score (nSPS) is 11.4. The minimum atomic E-state index is 0.528. The van der Waals surface area contributed by atoms with Crippen LogP contribution in [0.4, 0.5) is 0 Å². The highest BCUT2D eigenvalue weighted by atomic mass is 35.5. The molecule has 0 aliphatic rings. The summed E-state index contributed by atoms with van der Waals surface area (Å²) in [6.07, 6.45) is 0. The third kappa shape index (κ3) is 1.96. The molecule has 19 heavy (non-hydrogen) atoms. The zero-order valence-electron chi connectivity index (χ0n) is 10.8. The summed E-state index contributed by atoms with van der Waals surface area (Å²) in [4.78, 5) is 5.72. The van der Waals surface area contributed by atoms with E-state index in [1.807, 2.05) is 26.1 Å². The number of nitrogens with two attached hydrogens (primary N) is 1. The highest BCUT2D eigenvalue weighted by Gasteiger charge is 2.15.